The summed E-state index contributed by atoms with van der Waals surface area (Å²) in [5, 5.41) is 4.09. The molecule has 4 amide bonds. The highest BCUT2D eigenvalue weighted by atomic mass is 16.2. The largest absolute Gasteiger partial charge is 0.404 e. The maximum Gasteiger partial charge on any atom is 0.259 e. The number of nitrogens with two attached hydrogens (primary N) is 1. The Morgan fingerprint density at radius 1 is 1.11 bits per heavy atom. The highest BCUT2D eigenvalue weighted by Gasteiger charge is 2.40. The number of benzene rings is 2. The lowest BCUT2D eigenvalue weighted by atomic mass is 9.96. The van der Waals surface area contributed by atoms with Crippen molar-refractivity contribution in [2.75, 3.05) is 18.0 Å². The molecule has 3 N–H and O–H groups in total. The zero-order chi connectivity index (χ0) is 24.5. The molecule has 0 bridgehead atoms. The topological polar surface area (TPSA) is 125 Å². The second-order valence-electron chi connectivity index (χ2n) is 9.18. The minimum Gasteiger partial charge on any atom is -0.404 e. The van der Waals surface area contributed by atoms with Crippen molar-refractivity contribution in [1.29, 1.82) is 0 Å². The molecule has 3 aliphatic heterocycles. The van der Waals surface area contributed by atoms with Gasteiger partial charge >= 0.3 is 0 Å². The summed E-state index contributed by atoms with van der Waals surface area (Å²) >= 11 is 0. The molecule has 2 aromatic carbocycles. The number of aliphatic imine (C=N–C) groups is 1. The smallest absolute Gasteiger partial charge is 0.259 e. The van der Waals surface area contributed by atoms with Crippen LogP contribution in [0.2, 0.25) is 0 Å². The summed E-state index contributed by atoms with van der Waals surface area (Å²) in [6, 6.07) is 8.87. The van der Waals surface area contributed by atoms with E-state index in [9.17, 15) is 19.2 Å². The lowest BCUT2D eigenvalue weighted by molar-refractivity contribution is -0.134. The summed E-state index contributed by atoms with van der Waals surface area (Å²) in [5.74, 6) is -0.980. The number of allylic oxidation sites excluding steroid dienone is 1. The van der Waals surface area contributed by atoms with E-state index in [2.05, 4.69) is 5.32 Å². The van der Waals surface area contributed by atoms with Crippen molar-refractivity contribution >= 4 is 46.8 Å². The van der Waals surface area contributed by atoms with E-state index in [4.69, 9.17) is 10.7 Å². The molecule has 5 rings (SSSR count). The van der Waals surface area contributed by atoms with Crippen LogP contribution in [0, 0.1) is 0 Å². The summed E-state index contributed by atoms with van der Waals surface area (Å²) in [7, 11) is 0. The zero-order valence-corrected chi connectivity index (χ0v) is 19.3. The molecule has 9 nitrogen and oxygen atoms in total. The molecular weight excluding hydrogens is 446 g/mol. The average molecular weight is 474 g/mol. The first-order valence-electron chi connectivity index (χ1n) is 11.9. The summed E-state index contributed by atoms with van der Waals surface area (Å²) in [4.78, 5) is 56.3. The molecule has 2 aromatic rings. The van der Waals surface area contributed by atoms with E-state index in [0.29, 0.717) is 37.2 Å². The fraction of sp³-hybridized carbons (Fsp3) is 0.346. The molecule has 0 saturated carbocycles. The van der Waals surface area contributed by atoms with Gasteiger partial charge in [-0.25, -0.2) is 0 Å². The fourth-order valence-electron chi connectivity index (χ4n) is 5.17. The Balaban J connectivity index is 1.40. The Morgan fingerprint density at radius 2 is 1.91 bits per heavy atom. The number of nitrogens with zero attached hydrogens (tertiary/aromatic N) is 3. The number of hydrogen-bond donors (Lipinski definition) is 2. The monoisotopic (exact) mass is 473 g/mol. The molecule has 1 atom stereocenters. The second-order valence-corrected chi connectivity index (χ2v) is 9.18. The first kappa shape index (κ1) is 22.8. The van der Waals surface area contributed by atoms with Crippen LogP contribution in [0.15, 0.2) is 47.1 Å². The predicted molar refractivity (Wildman–Crippen MR) is 132 cm³/mol. The van der Waals surface area contributed by atoms with Crippen LogP contribution in [0.4, 0.5) is 5.69 Å². The minimum absolute atomic E-state index is 0.161. The van der Waals surface area contributed by atoms with Crippen molar-refractivity contribution in [2.45, 2.75) is 44.2 Å². The van der Waals surface area contributed by atoms with Gasteiger partial charge in [0.25, 0.3) is 5.91 Å². The van der Waals surface area contributed by atoms with E-state index < -0.39 is 11.9 Å². The average Bonchev–Trinajstić information content (AvgIpc) is 3.16. The highest BCUT2D eigenvalue weighted by Crippen LogP contribution is 2.41. The normalized spacial score (nSPS) is 21.3. The van der Waals surface area contributed by atoms with Gasteiger partial charge < -0.3 is 10.6 Å². The Morgan fingerprint density at radius 3 is 2.63 bits per heavy atom. The molecule has 3 heterocycles. The van der Waals surface area contributed by atoms with Crippen LogP contribution in [0.3, 0.4) is 0 Å². The number of carbonyl (C=O) groups is 4. The molecule has 2 saturated heterocycles. The third kappa shape index (κ3) is 4.18. The van der Waals surface area contributed by atoms with Crippen LogP contribution >= 0.6 is 0 Å². The van der Waals surface area contributed by atoms with Crippen LogP contribution in [-0.4, -0.2) is 60.4 Å². The van der Waals surface area contributed by atoms with Crippen molar-refractivity contribution in [3.63, 3.8) is 0 Å². The van der Waals surface area contributed by atoms with E-state index in [1.54, 1.807) is 17.2 Å². The van der Waals surface area contributed by atoms with Crippen LogP contribution in [0.25, 0.3) is 10.8 Å². The van der Waals surface area contributed by atoms with E-state index in [1.165, 1.54) is 4.90 Å². The number of rotatable bonds is 6. The zero-order valence-electron chi connectivity index (χ0n) is 19.3. The van der Waals surface area contributed by atoms with Gasteiger partial charge in [-0.3, -0.25) is 34.4 Å². The summed E-state index contributed by atoms with van der Waals surface area (Å²) in [6.45, 7) is 1.42. The van der Waals surface area contributed by atoms with E-state index in [0.717, 1.165) is 41.2 Å². The van der Waals surface area contributed by atoms with Crippen LogP contribution < -0.4 is 16.0 Å². The van der Waals surface area contributed by atoms with Gasteiger partial charge in [-0.15, -0.1) is 0 Å². The highest BCUT2D eigenvalue weighted by molar-refractivity contribution is 6.27. The van der Waals surface area contributed by atoms with Crippen LogP contribution in [-0.2, 0) is 20.8 Å². The summed E-state index contributed by atoms with van der Waals surface area (Å²) < 4.78 is 0. The van der Waals surface area contributed by atoms with Crippen molar-refractivity contribution in [3.8, 4) is 0 Å². The maximum absolute atomic E-state index is 13.3. The number of imide groups is 1. The molecular formula is C26H27N5O4. The molecule has 35 heavy (non-hydrogen) atoms. The Bertz CT molecular complexity index is 1280. The molecule has 9 heteroatoms. The lowest BCUT2D eigenvalue weighted by Crippen LogP contribution is -2.53. The number of hydrogen-bond acceptors (Lipinski definition) is 6. The summed E-state index contributed by atoms with van der Waals surface area (Å²) in [5.41, 5.74) is 9.02. The van der Waals surface area contributed by atoms with Gasteiger partial charge in [0.15, 0.2) is 0 Å². The van der Waals surface area contributed by atoms with Crippen molar-refractivity contribution in [3.05, 3.63) is 53.2 Å². The van der Waals surface area contributed by atoms with Gasteiger partial charge in [-0.1, -0.05) is 18.2 Å². The Hall–Kier alpha value is -4.01. The molecule has 3 aliphatic rings. The molecule has 0 spiro atoms. The molecule has 0 radical (unpaired) electrons. The van der Waals surface area contributed by atoms with Gasteiger partial charge in [0.05, 0.1) is 11.7 Å². The first-order valence-corrected chi connectivity index (χ1v) is 11.9. The summed E-state index contributed by atoms with van der Waals surface area (Å²) in [6.07, 6.45) is 6.94. The number of anilines is 1. The molecule has 0 aromatic heterocycles. The number of amides is 4. The van der Waals surface area contributed by atoms with E-state index in [1.807, 2.05) is 30.5 Å². The van der Waals surface area contributed by atoms with Crippen molar-refractivity contribution < 1.29 is 19.2 Å². The SMILES string of the molecule is N/C=C(\C=NC1CCN(C=O)CC1)Cc1ccc2c3c(cccc13)C(=O)N2C1CCC(=O)NC1=O. The Labute approximate surface area is 202 Å². The number of nitrogens with one attached hydrogen (secondary N) is 1. The molecule has 180 valence electrons. The van der Waals surface area contributed by atoms with Crippen LogP contribution in [0.1, 0.15) is 41.6 Å². The quantitative estimate of drug-likeness (QED) is 0.375. The lowest BCUT2D eigenvalue weighted by Gasteiger charge is -2.30. The third-order valence-corrected chi connectivity index (χ3v) is 7.05. The van der Waals surface area contributed by atoms with Gasteiger partial charge in [-0.05, 0) is 54.1 Å². The molecule has 0 aliphatic carbocycles. The number of piperidine rings is 2. The van der Waals surface area contributed by atoms with Gasteiger partial charge in [0.2, 0.25) is 18.2 Å². The third-order valence-electron chi connectivity index (χ3n) is 7.05. The fourth-order valence-corrected chi connectivity index (χ4v) is 5.17. The second kappa shape index (κ2) is 9.32. The van der Waals surface area contributed by atoms with E-state index >= 15 is 0 Å². The van der Waals surface area contributed by atoms with E-state index in [-0.39, 0.29) is 24.3 Å². The standard InChI is InChI=1S/C26H27N5O4/c27-13-16(14-28-18-8-10-30(15-32)11-9-18)12-17-4-5-21-24-19(17)2-1-3-20(24)26(35)31(21)22-6-7-23(33)29-25(22)34/h1-5,13-15,18,22H,6-12,27H2,(H,29,33,34)/b16-13-,28-14?. The van der Waals surface area contributed by atoms with Gasteiger partial charge in [-0.2, -0.15) is 0 Å². The predicted octanol–water partition coefficient (Wildman–Crippen LogP) is 1.68. The number of likely N-dealkylation sites (tertiary alicyclic amines) is 1. The van der Waals surface area contributed by atoms with Crippen molar-refractivity contribution in [2.24, 2.45) is 10.7 Å². The minimum atomic E-state index is -0.709. The van der Waals surface area contributed by atoms with Crippen molar-refractivity contribution in [1.82, 2.24) is 10.2 Å². The first-order chi connectivity index (χ1) is 17.0. The van der Waals surface area contributed by atoms with Gasteiger partial charge in [0, 0.05) is 43.1 Å². The maximum atomic E-state index is 13.3. The van der Waals surface area contributed by atoms with Crippen LogP contribution in [0.5, 0.6) is 0 Å². The Kier molecular flexibility index (Phi) is 6.07. The molecule has 2 fully saturated rings. The molecule has 1 unspecified atom stereocenters. The number of carbonyl (C=O) groups excluding carboxylic acids is 4. The van der Waals surface area contributed by atoms with Gasteiger partial charge in [0.1, 0.15) is 6.04 Å².